The van der Waals surface area contributed by atoms with Crippen molar-refractivity contribution in [2.45, 2.75) is 45.1 Å². The number of aryl methyl sites for hydroxylation is 1. The van der Waals surface area contributed by atoms with Crippen LogP contribution in [-0.4, -0.2) is 50.8 Å². The number of nitrogens with one attached hydrogen (secondary N) is 1. The largest absolute Gasteiger partial charge is 0.354 e. The van der Waals surface area contributed by atoms with Crippen LogP contribution in [-0.2, 0) is 26.0 Å². The first kappa shape index (κ1) is 30.2. The Morgan fingerprint density at radius 3 is 2.15 bits per heavy atom. The normalized spacial score (nSPS) is 12.2. The topological polar surface area (TPSA) is 86.8 Å². The van der Waals surface area contributed by atoms with Gasteiger partial charge in [0.15, 0.2) is 0 Å². The summed E-state index contributed by atoms with van der Waals surface area (Å²) in [5, 5.41) is 3.24. The molecule has 3 aromatic rings. The predicted octanol–water partition coefficient (Wildman–Crippen LogP) is 5.08. The second-order valence-electron chi connectivity index (χ2n) is 9.89. The van der Waals surface area contributed by atoms with E-state index in [0.29, 0.717) is 29.2 Å². The van der Waals surface area contributed by atoms with Gasteiger partial charge in [0.05, 0.1) is 10.6 Å². The van der Waals surface area contributed by atoms with Gasteiger partial charge in [-0.15, -0.1) is 0 Å². The molecule has 0 radical (unpaired) electrons. The number of nitrogens with zero attached hydrogens (tertiary/aromatic N) is 2. The van der Waals surface area contributed by atoms with Crippen molar-refractivity contribution in [2.24, 2.45) is 5.92 Å². The fourth-order valence-electron chi connectivity index (χ4n) is 4.11. The molecule has 7 nitrogen and oxygen atoms in total. The van der Waals surface area contributed by atoms with Gasteiger partial charge in [-0.25, -0.2) is 8.42 Å². The summed E-state index contributed by atoms with van der Waals surface area (Å²) in [4.78, 5) is 28.4. The zero-order valence-electron chi connectivity index (χ0n) is 22.8. The molecule has 0 bridgehead atoms. The van der Waals surface area contributed by atoms with E-state index in [9.17, 15) is 18.0 Å². The molecular formula is C30H36ClN3O4S. The van der Waals surface area contributed by atoms with Crippen molar-refractivity contribution in [3.8, 4) is 0 Å². The number of hydrogen-bond acceptors (Lipinski definition) is 4. The van der Waals surface area contributed by atoms with Gasteiger partial charge in [-0.2, -0.15) is 0 Å². The number of amides is 2. The van der Waals surface area contributed by atoms with Crippen molar-refractivity contribution in [1.82, 2.24) is 10.2 Å². The minimum atomic E-state index is -4.13. The Balaban J connectivity index is 1.99. The molecule has 1 atom stereocenters. The maximum absolute atomic E-state index is 13.9. The van der Waals surface area contributed by atoms with E-state index in [4.69, 9.17) is 11.6 Å². The van der Waals surface area contributed by atoms with Crippen LogP contribution in [0.25, 0.3) is 0 Å². The van der Waals surface area contributed by atoms with Gasteiger partial charge in [-0.1, -0.05) is 80.0 Å². The highest BCUT2D eigenvalue weighted by Gasteiger charge is 2.33. The maximum atomic E-state index is 13.9. The highest BCUT2D eigenvalue weighted by Crippen LogP contribution is 2.29. The van der Waals surface area contributed by atoms with E-state index in [-0.39, 0.29) is 23.3 Å². The Morgan fingerprint density at radius 1 is 0.923 bits per heavy atom. The monoisotopic (exact) mass is 569 g/mol. The molecule has 0 spiro atoms. The first-order chi connectivity index (χ1) is 18.5. The molecule has 0 saturated carbocycles. The number of carbonyl (C=O) groups is 2. The number of anilines is 1. The quantitative estimate of drug-likeness (QED) is 0.330. The third-order valence-electron chi connectivity index (χ3n) is 6.39. The Labute approximate surface area is 236 Å². The fraction of sp³-hybridized carbons (Fsp3) is 0.333. The molecule has 208 valence electrons. The van der Waals surface area contributed by atoms with E-state index >= 15 is 0 Å². The number of carbonyl (C=O) groups excluding carboxylic acids is 2. The summed E-state index contributed by atoms with van der Waals surface area (Å²) in [5.74, 6) is -0.537. The molecule has 0 heterocycles. The van der Waals surface area contributed by atoms with Crippen molar-refractivity contribution in [3.63, 3.8) is 0 Å². The van der Waals surface area contributed by atoms with Gasteiger partial charge in [0, 0.05) is 18.1 Å². The van der Waals surface area contributed by atoms with Gasteiger partial charge < -0.3 is 10.2 Å². The summed E-state index contributed by atoms with van der Waals surface area (Å²) in [6.07, 6.45) is 0.510. The SMILES string of the molecule is Cc1ccc(Cl)cc1N(CC(=O)N(CCc1ccccc1)C(C)C(=O)NCC(C)C)S(=O)(=O)c1ccccc1. The molecular weight excluding hydrogens is 534 g/mol. The molecule has 0 aliphatic carbocycles. The molecule has 3 aromatic carbocycles. The van der Waals surface area contributed by atoms with Crippen LogP contribution < -0.4 is 9.62 Å². The lowest BCUT2D eigenvalue weighted by Crippen LogP contribution is -2.52. The van der Waals surface area contributed by atoms with Crippen LogP contribution in [0.5, 0.6) is 0 Å². The number of halogens is 1. The molecule has 0 fully saturated rings. The van der Waals surface area contributed by atoms with Gasteiger partial charge in [0.2, 0.25) is 11.8 Å². The van der Waals surface area contributed by atoms with Crippen molar-refractivity contribution < 1.29 is 18.0 Å². The van der Waals surface area contributed by atoms with E-state index in [1.165, 1.54) is 23.1 Å². The average Bonchev–Trinajstić information content (AvgIpc) is 2.92. The van der Waals surface area contributed by atoms with Crippen LogP contribution in [0.15, 0.2) is 83.8 Å². The molecule has 0 saturated heterocycles. The van der Waals surface area contributed by atoms with Crippen LogP contribution in [0.3, 0.4) is 0 Å². The van der Waals surface area contributed by atoms with Gasteiger partial charge in [-0.3, -0.25) is 13.9 Å². The van der Waals surface area contributed by atoms with Crippen LogP contribution in [0.1, 0.15) is 31.9 Å². The third-order valence-corrected chi connectivity index (χ3v) is 8.40. The number of rotatable bonds is 12. The molecule has 3 rings (SSSR count). The number of hydrogen-bond donors (Lipinski definition) is 1. The minimum Gasteiger partial charge on any atom is -0.354 e. The Hall–Kier alpha value is -3.36. The summed E-state index contributed by atoms with van der Waals surface area (Å²) >= 11 is 6.26. The molecule has 0 aliphatic heterocycles. The molecule has 1 N–H and O–H groups in total. The summed E-state index contributed by atoms with van der Waals surface area (Å²) in [6, 6.07) is 21.7. The molecule has 1 unspecified atom stereocenters. The summed E-state index contributed by atoms with van der Waals surface area (Å²) in [7, 11) is -4.13. The number of benzene rings is 3. The molecule has 9 heteroatoms. The zero-order valence-corrected chi connectivity index (χ0v) is 24.4. The second-order valence-corrected chi connectivity index (χ2v) is 12.2. The van der Waals surface area contributed by atoms with E-state index < -0.39 is 28.5 Å². The Morgan fingerprint density at radius 2 is 1.54 bits per heavy atom. The van der Waals surface area contributed by atoms with Gasteiger partial charge in [-0.05, 0) is 61.6 Å². The van der Waals surface area contributed by atoms with E-state index in [1.54, 1.807) is 44.2 Å². The molecule has 2 amide bonds. The maximum Gasteiger partial charge on any atom is 0.264 e. The highest BCUT2D eigenvalue weighted by atomic mass is 35.5. The van der Waals surface area contributed by atoms with E-state index in [1.807, 2.05) is 44.2 Å². The van der Waals surface area contributed by atoms with Crippen molar-refractivity contribution >= 4 is 39.1 Å². The Kier molecular flexibility index (Phi) is 10.5. The Bertz CT molecular complexity index is 1370. The first-order valence-electron chi connectivity index (χ1n) is 13.0. The summed E-state index contributed by atoms with van der Waals surface area (Å²) < 4.78 is 28.8. The van der Waals surface area contributed by atoms with Crippen LogP contribution in [0.4, 0.5) is 5.69 Å². The lowest BCUT2D eigenvalue weighted by Gasteiger charge is -2.32. The highest BCUT2D eigenvalue weighted by molar-refractivity contribution is 7.92. The van der Waals surface area contributed by atoms with Crippen molar-refractivity contribution in [1.29, 1.82) is 0 Å². The second kappa shape index (κ2) is 13.6. The van der Waals surface area contributed by atoms with Crippen LogP contribution in [0.2, 0.25) is 5.02 Å². The smallest absolute Gasteiger partial charge is 0.264 e. The molecule has 0 aromatic heterocycles. The van der Waals surface area contributed by atoms with Crippen molar-refractivity contribution in [2.75, 3.05) is 23.9 Å². The van der Waals surface area contributed by atoms with Crippen molar-refractivity contribution in [3.05, 3.63) is 95.0 Å². The van der Waals surface area contributed by atoms with E-state index in [0.717, 1.165) is 9.87 Å². The average molecular weight is 570 g/mol. The summed E-state index contributed by atoms with van der Waals surface area (Å²) in [6.45, 7) is 7.63. The van der Waals surface area contributed by atoms with E-state index in [2.05, 4.69) is 5.32 Å². The number of sulfonamides is 1. The van der Waals surface area contributed by atoms with Crippen LogP contribution >= 0.6 is 11.6 Å². The first-order valence-corrected chi connectivity index (χ1v) is 14.8. The predicted molar refractivity (Wildman–Crippen MR) is 156 cm³/mol. The third kappa shape index (κ3) is 8.07. The minimum absolute atomic E-state index is 0.0516. The van der Waals surface area contributed by atoms with Crippen LogP contribution in [0, 0.1) is 12.8 Å². The summed E-state index contributed by atoms with van der Waals surface area (Å²) in [5.41, 5.74) is 1.95. The van der Waals surface area contributed by atoms with Gasteiger partial charge in [0.1, 0.15) is 12.6 Å². The van der Waals surface area contributed by atoms with Gasteiger partial charge >= 0.3 is 0 Å². The van der Waals surface area contributed by atoms with Gasteiger partial charge in [0.25, 0.3) is 10.0 Å². The lowest BCUT2D eigenvalue weighted by molar-refractivity contribution is -0.138. The molecule has 39 heavy (non-hydrogen) atoms. The fourth-order valence-corrected chi connectivity index (χ4v) is 5.76. The zero-order chi connectivity index (χ0) is 28.6. The lowest BCUT2D eigenvalue weighted by atomic mass is 10.1. The standard InChI is InChI=1S/C30H36ClN3O4S/c1-22(2)20-32-30(36)24(4)33(18-17-25-11-7-5-8-12-25)29(35)21-34(28-19-26(31)16-15-23(28)3)39(37,38)27-13-9-6-10-14-27/h5-16,19,22,24H,17-18,20-21H2,1-4H3,(H,32,36). The molecule has 0 aliphatic rings.